The van der Waals surface area contributed by atoms with Crippen LogP contribution in [0.4, 0.5) is 0 Å². The first-order valence-corrected chi connectivity index (χ1v) is 9.14. The molecule has 0 saturated heterocycles. The van der Waals surface area contributed by atoms with Gasteiger partial charge < -0.3 is 14.4 Å². The summed E-state index contributed by atoms with van der Waals surface area (Å²) < 4.78 is 10.8. The maximum absolute atomic E-state index is 12.7. The molecule has 0 aliphatic heterocycles. The Morgan fingerprint density at radius 1 is 1.08 bits per heavy atom. The van der Waals surface area contributed by atoms with Gasteiger partial charge in [-0.2, -0.15) is 11.3 Å². The van der Waals surface area contributed by atoms with Crippen molar-refractivity contribution in [3.63, 3.8) is 0 Å². The number of aromatic nitrogens is 1. The lowest BCUT2D eigenvalue weighted by Gasteiger charge is -2.22. The second-order valence-electron chi connectivity index (χ2n) is 5.67. The van der Waals surface area contributed by atoms with Gasteiger partial charge in [-0.1, -0.05) is 6.07 Å². The van der Waals surface area contributed by atoms with Crippen molar-refractivity contribution in [1.82, 2.24) is 9.88 Å². The number of carbonyl (C=O) groups excluding carboxylic acids is 1. The predicted octanol–water partition coefficient (Wildman–Crippen LogP) is 3.76. The van der Waals surface area contributed by atoms with Crippen LogP contribution in [0.25, 0.3) is 0 Å². The number of pyridine rings is 1. The van der Waals surface area contributed by atoms with Crippen LogP contribution in [0.1, 0.15) is 11.3 Å². The van der Waals surface area contributed by atoms with E-state index in [1.165, 1.54) is 0 Å². The second-order valence-corrected chi connectivity index (χ2v) is 6.45. The smallest absolute Gasteiger partial charge is 0.261 e. The Morgan fingerprint density at radius 3 is 2.54 bits per heavy atom. The van der Waals surface area contributed by atoms with Crippen molar-refractivity contribution in [3.05, 3.63) is 76.7 Å². The van der Waals surface area contributed by atoms with Gasteiger partial charge in [-0.15, -0.1) is 0 Å². The zero-order valence-electron chi connectivity index (χ0n) is 14.5. The fourth-order valence-electron chi connectivity index (χ4n) is 2.43. The fourth-order valence-corrected chi connectivity index (χ4v) is 3.09. The van der Waals surface area contributed by atoms with Crippen molar-refractivity contribution in [2.24, 2.45) is 0 Å². The minimum atomic E-state index is -0.0855. The monoisotopic (exact) mass is 368 g/mol. The maximum Gasteiger partial charge on any atom is 0.261 e. The first kappa shape index (κ1) is 17.9. The molecule has 2 aromatic heterocycles. The Bertz CT molecular complexity index is 805. The average Bonchev–Trinajstić information content (AvgIpc) is 3.20. The number of nitrogens with zero attached hydrogens (tertiary/aromatic N) is 2. The van der Waals surface area contributed by atoms with Crippen LogP contribution in [0.3, 0.4) is 0 Å². The summed E-state index contributed by atoms with van der Waals surface area (Å²) in [5, 5.41) is 4.05. The van der Waals surface area contributed by atoms with Crippen molar-refractivity contribution in [2.75, 3.05) is 13.7 Å². The van der Waals surface area contributed by atoms with Gasteiger partial charge in [-0.05, 0) is 58.8 Å². The van der Waals surface area contributed by atoms with Crippen LogP contribution in [0.2, 0.25) is 0 Å². The first-order valence-electron chi connectivity index (χ1n) is 8.20. The van der Waals surface area contributed by atoms with Crippen molar-refractivity contribution in [2.45, 2.75) is 13.1 Å². The van der Waals surface area contributed by atoms with E-state index in [1.54, 1.807) is 53.8 Å². The van der Waals surface area contributed by atoms with Gasteiger partial charge in [0.05, 0.1) is 19.3 Å². The second kappa shape index (κ2) is 9.01. The molecule has 0 saturated carbocycles. The number of carbonyl (C=O) groups is 1. The number of benzene rings is 1. The van der Waals surface area contributed by atoms with Crippen LogP contribution in [-0.4, -0.2) is 29.5 Å². The Hall–Kier alpha value is -2.86. The Balaban J connectivity index is 1.65. The molecule has 3 aromatic rings. The molecule has 0 aliphatic rings. The van der Waals surface area contributed by atoms with E-state index in [-0.39, 0.29) is 12.5 Å². The molecule has 2 heterocycles. The van der Waals surface area contributed by atoms with Gasteiger partial charge in [0.1, 0.15) is 11.5 Å². The lowest BCUT2D eigenvalue weighted by Crippen LogP contribution is -2.34. The Morgan fingerprint density at radius 2 is 1.88 bits per heavy atom. The molecule has 134 valence electrons. The van der Waals surface area contributed by atoms with Crippen molar-refractivity contribution in [1.29, 1.82) is 0 Å². The highest BCUT2D eigenvalue weighted by Gasteiger charge is 2.16. The largest absolute Gasteiger partial charge is 0.497 e. The summed E-state index contributed by atoms with van der Waals surface area (Å²) in [4.78, 5) is 18.8. The van der Waals surface area contributed by atoms with Crippen LogP contribution in [-0.2, 0) is 17.9 Å². The maximum atomic E-state index is 12.7. The lowest BCUT2D eigenvalue weighted by molar-refractivity contribution is -0.134. The van der Waals surface area contributed by atoms with Gasteiger partial charge in [-0.3, -0.25) is 9.78 Å². The van der Waals surface area contributed by atoms with Crippen LogP contribution >= 0.6 is 11.3 Å². The SMILES string of the molecule is COc1ccc(OCC(=O)N(Cc2ccsc2)Cc2ccccn2)cc1. The molecule has 0 unspecified atom stereocenters. The molecule has 0 aliphatic carbocycles. The third-order valence-corrected chi connectivity index (χ3v) is 4.54. The third kappa shape index (κ3) is 5.07. The molecule has 0 bridgehead atoms. The van der Waals surface area contributed by atoms with E-state index in [0.29, 0.717) is 18.8 Å². The number of hydrogen-bond acceptors (Lipinski definition) is 5. The van der Waals surface area contributed by atoms with Gasteiger partial charge in [-0.25, -0.2) is 0 Å². The summed E-state index contributed by atoms with van der Waals surface area (Å²) >= 11 is 1.62. The van der Waals surface area contributed by atoms with E-state index in [0.717, 1.165) is 17.0 Å². The molecular formula is C20H20N2O3S. The first-order chi connectivity index (χ1) is 12.7. The van der Waals surface area contributed by atoms with E-state index in [9.17, 15) is 4.79 Å². The summed E-state index contributed by atoms with van der Waals surface area (Å²) in [6.45, 7) is 0.954. The molecule has 0 fully saturated rings. The van der Waals surface area contributed by atoms with Crippen LogP contribution < -0.4 is 9.47 Å². The minimum absolute atomic E-state index is 0.0245. The van der Waals surface area contributed by atoms with E-state index >= 15 is 0 Å². The topological polar surface area (TPSA) is 51.7 Å². The predicted molar refractivity (Wildman–Crippen MR) is 101 cm³/mol. The van der Waals surface area contributed by atoms with E-state index in [4.69, 9.17) is 9.47 Å². The number of ether oxygens (including phenoxy) is 2. The summed E-state index contributed by atoms with van der Waals surface area (Å²) in [6, 6.07) is 14.9. The summed E-state index contributed by atoms with van der Waals surface area (Å²) in [5.41, 5.74) is 1.95. The zero-order valence-corrected chi connectivity index (χ0v) is 15.3. The minimum Gasteiger partial charge on any atom is -0.497 e. The molecule has 0 N–H and O–H groups in total. The van der Waals surface area contributed by atoms with Gasteiger partial charge >= 0.3 is 0 Å². The highest BCUT2D eigenvalue weighted by atomic mass is 32.1. The van der Waals surface area contributed by atoms with Gasteiger partial charge in [0, 0.05) is 12.7 Å². The molecule has 0 spiro atoms. The van der Waals surface area contributed by atoms with Crippen molar-refractivity contribution >= 4 is 17.2 Å². The summed E-state index contributed by atoms with van der Waals surface area (Å²) in [7, 11) is 1.61. The van der Waals surface area contributed by atoms with Crippen molar-refractivity contribution < 1.29 is 14.3 Å². The quantitative estimate of drug-likeness (QED) is 0.607. The number of rotatable bonds is 8. The molecule has 26 heavy (non-hydrogen) atoms. The Labute approximate surface area is 156 Å². The lowest BCUT2D eigenvalue weighted by atomic mass is 10.2. The van der Waals surface area contributed by atoms with Gasteiger partial charge in [0.15, 0.2) is 6.61 Å². The van der Waals surface area contributed by atoms with Crippen LogP contribution in [0, 0.1) is 0 Å². The van der Waals surface area contributed by atoms with Crippen LogP contribution in [0.5, 0.6) is 11.5 Å². The number of thiophene rings is 1. The molecule has 1 aromatic carbocycles. The molecular weight excluding hydrogens is 348 g/mol. The standard InChI is InChI=1S/C20H20N2O3S/c1-24-18-5-7-19(8-6-18)25-14-20(23)22(12-16-9-11-26-15-16)13-17-4-2-3-10-21-17/h2-11,15H,12-14H2,1H3. The zero-order chi connectivity index (χ0) is 18.2. The fraction of sp³-hybridized carbons (Fsp3) is 0.200. The molecule has 3 rings (SSSR count). The molecule has 0 radical (unpaired) electrons. The van der Waals surface area contributed by atoms with E-state index in [1.807, 2.05) is 35.0 Å². The third-order valence-electron chi connectivity index (χ3n) is 3.81. The normalized spacial score (nSPS) is 10.3. The highest BCUT2D eigenvalue weighted by Crippen LogP contribution is 2.18. The molecule has 0 atom stereocenters. The molecule has 5 nitrogen and oxygen atoms in total. The van der Waals surface area contributed by atoms with Gasteiger partial charge in [0.25, 0.3) is 5.91 Å². The molecule has 1 amide bonds. The highest BCUT2D eigenvalue weighted by molar-refractivity contribution is 7.07. The number of hydrogen-bond donors (Lipinski definition) is 0. The van der Waals surface area contributed by atoms with E-state index in [2.05, 4.69) is 4.98 Å². The summed E-state index contributed by atoms with van der Waals surface area (Å²) in [6.07, 6.45) is 1.73. The number of amides is 1. The Kier molecular flexibility index (Phi) is 6.22. The summed E-state index contributed by atoms with van der Waals surface area (Å²) in [5.74, 6) is 1.29. The molecule has 6 heteroatoms. The number of methoxy groups -OCH3 is 1. The van der Waals surface area contributed by atoms with E-state index < -0.39 is 0 Å². The van der Waals surface area contributed by atoms with Gasteiger partial charge in [0.2, 0.25) is 0 Å². The average molecular weight is 368 g/mol. The van der Waals surface area contributed by atoms with Crippen LogP contribution in [0.15, 0.2) is 65.5 Å². The van der Waals surface area contributed by atoms with Crippen molar-refractivity contribution in [3.8, 4) is 11.5 Å².